The average Bonchev–Trinajstić information content (AvgIpc) is 2.64. The molecule has 0 aliphatic heterocycles. The highest BCUT2D eigenvalue weighted by molar-refractivity contribution is 8.45. The van der Waals surface area contributed by atoms with Gasteiger partial charge in [-0.1, -0.05) is 51.3 Å². The van der Waals surface area contributed by atoms with Gasteiger partial charge in [0.15, 0.2) is 11.6 Å². The van der Waals surface area contributed by atoms with Crippen molar-refractivity contribution in [3.05, 3.63) is 59.2 Å². The summed E-state index contributed by atoms with van der Waals surface area (Å²) in [5.74, 6) is -6.42. The average molecular weight is 478 g/mol. The summed E-state index contributed by atoms with van der Waals surface area (Å²) in [6.45, 7) is 2.13. The first kappa shape index (κ1) is 23.6. The van der Waals surface area contributed by atoms with Crippen LogP contribution in [0.2, 0.25) is 0 Å². The molecule has 1 fully saturated rings. The van der Waals surface area contributed by atoms with E-state index >= 15 is 0 Å². The molecular weight excluding hydrogens is 459 g/mol. The van der Waals surface area contributed by atoms with Crippen molar-refractivity contribution < 1.29 is 41.7 Å². The SMILES string of the molecule is CC1CCC(c2ccc(C(F)(F)Oc3ccc(S(F)(F)(F)(F)F)c(F)c3F)cc2)CC1. The Kier molecular flexibility index (Phi) is 5.32. The Labute approximate surface area is 172 Å². The predicted molar refractivity (Wildman–Crippen MR) is 99.1 cm³/mol. The molecule has 1 nitrogen and oxygen atoms in total. The van der Waals surface area contributed by atoms with E-state index in [1.807, 2.05) is 0 Å². The van der Waals surface area contributed by atoms with Gasteiger partial charge in [0.1, 0.15) is 4.90 Å². The van der Waals surface area contributed by atoms with Crippen molar-refractivity contribution in [2.45, 2.75) is 49.5 Å². The van der Waals surface area contributed by atoms with E-state index in [1.54, 1.807) is 0 Å². The topological polar surface area (TPSA) is 9.23 Å². The minimum Gasteiger partial charge on any atom is -0.426 e. The van der Waals surface area contributed by atoms with Gasteiger partial charge in [0.2, 0.25) is 5.82 Å². The zero-order valence-electron chi connectivity index (χ0n) is 16.2. The van der Waals surface area contributed by atoms with Crippen LogP contribution in [0.5, 0.6) is 5.75 Å². The number of halogens is 9. The second-order valence-corrected chi connectivity index (χ2v) is 10.2. The molecule has 0 saturated heterocycles. The molecule has 2 aromatic rings. The molecule has 0 unspecified atom stereocenters. The number of rotatable bonds is 5. The molecule has 3 rings (SSSR count). The van der Waals surface area contributed by atoms with Crippen molar-refractivity contribution in [3.63, 3.8) is 0 Å². The highest BCUT2D eigenvalue weighted by Crippen LogP contribution is 3.02. The standard InChI is InChI=1S/C20H19F9OS/c1-12-2-4-13(5-3-12)14-6-8-15(9-7-14)20(23,24)30-16-10-11-17(19(22)18(16)21)31(25,26,27,28)29/h6-13H,2-5H2,1H3. The number of alkyl halides is 2. The third-order valence-corrected chi connectivity index (χ3v) is 6.55. The van der Waals surface area contributed by atoms with E-state index < -0.39 is 50.2 Å². The summed E-state index contributed by atoms with van der Waals surface area (Å²) < 4.78 is 124. The predicted octanol–water partition coefficient (Wildman–Crippen LogP) is 9.04. The molecule has 0 radical (unpaired) electrons. The summed E-state index contributed by atoms with van der Waals surface area (Å²) in [5, 5.41) is 0. The first-order chi connectivity index (χ1) is 14.0. The quantitative estimate of drug-likeness (QED) is 0.390. The minimum atomic E-state index is -10.6. The van der Waals surface area contributed by atoms with Gasteiger partial charge < -0.3 is 4.74 Å². The molecule has 0 aromatic heterocycles. The lowest BCUT2D eigenvalue weighted by Crippen LogP contribution is -2.23. The van der Waals surface area contributed by atoms with E-state index in [2.05, 4.69) is 11.7 Å². The summed E-state index contributed by atoms with van der Waals surface area (Å²) in [5.41, 5.74) is 0.0703. The van der Waals surface area contributed by atoms with Crippen LogP contribution in [-0.2, 0) is 6.11 Å². The summed E-state index contributed by atoms with van der Waals surface area (Å²) in [7, 11) is -10.6. The Morgan fingerprint density at radius 3 is 1.87 bits per heavy atom. The van der Waals surface area contributed by atoms with Crippen molar-refractivity contribution in [2.75, 3.05) is 0 Å². The van der Waals surface area contributed by atoms with Crippen LogP contribution in [0.4, 0.5) is 37.0 Å². The van der Waals surface area contributed by atoms with Crippen LogP contribution in [0.25, 0.3) is 0 Å². The fraction of sp³-hybridized carbons (Fsp3) is 0.400. The zero-order valence-corrected chi connectivity index (χ0v) is 17.0. The van der Waals surface area contributed by atoms with Gasteiger partial charge >= 0.3 is 16.3 Å². The van der Waals surface area contributed by atoms with Crippen LogP contribution in [0.15, 0.2) is 41.3 Å². The van der Waals surface area contributed by atoms with Gasteiger partial charge in [-0.2, -0.15) is 13.2 Å². The lowest BCUT2D eigenvalue weighted by Gasteiger charge is -2.40. The minimum absolute atomic E-state index is 0.100. The van der Waals surface area contributed by atoms with Crippen LogP contribution >= 0.6 is 10.2 Å². The first-order valence-corrected chi connectivity index (χ1v) is 11.3. The summed E-state index contributed by atoms with van der Waals surface area (Å²) in [6.07, 6.45) is -0.438. The first-order valence-electron chi connectivity index (χ1n) is 9.37. The monoisotopic (exact) mass is 478 g/mol. The highest BCUT2D eigenvalue weighted by atomic mass is 32.5. The molecule has 174 valence electrons. The molecule has 2 aromatic carbocycles. The van der Waals surface area contributed by atoms with Gasteiger partial charge in [0.05, 0.1) is 5.56 Å². The molecular formula is C20H19F9OS. The molecule has 1 saturated carbocycles. The van der Waals surface area contributed by atoms with Crippen molar-refractivity contribution in [1.82, 2.24) is 0 Å². The molecule has 0 N–H and O–H groups in total. The van der Waals surface area contributed by atoms with Gasteiger partial charge in [-0.25, -0.2) is 4.39 Å². The number of ether oxygens (including phenoxy) is 1. The molecule has 31 heavy (non-hydrogen) atoms. The molecule has 1 aliphatic carbocycles. The van der Waals surface area contributed by atoms with Gasteiger partial charge in [0.25, 0.3) is 0 Å². The normalized spacial score (nSPS) is 22.5. The maximum Gasteiger partial charge on any atom is 0.426 e. The van der Waals surface area contributed by atoms with Crippen LogP contribution in [0.1, 0.15) is 49.7 Å². The molecule has 0 bridgehead atoms. The zero-order chi connectivity index (χ0) is 23.3. The van der Waals surface area contributed by atoms with Crippen molar-refractivity contribution in [1.29, 1.82) is 0 Å². The molecule has 11 heteroatoms. The van der Waals surface area contributed by atoms with Crippen LogP contribution in [-0.4, -0.2) is 0 Å². The van der Waals surface area contributed by atoms with E-state index in [0.29, 0.717) is 5.92 Å². The fourth-order valence-electron chi connectivity index (χ4n) is 3.63. The smallest absolute Gasteiger partial charge is 0.426 e. The van der Waals surface area contributed by atoms with E-state index in [-0.39, 0.29) is 12.0 Å². The molecule has 0 amide bonds. The van der Waals surface area contributed by atoms with Crippen molar-refractivity contribution in [3.8, 4) is 5.75 Å². The Morgan fingerprint density at radius 1 is 0.806 bits per heavy atom. The summed E-state index contributed by atoms with van der Waals surface area (Å²) >= 11 is 0. The Hall–Kier alpha value is -2.04. The lowest BCUT2D eigenvalue weighted by molar-refractivity contribution is -0.187. The number of hydrogen-bond donors (Lipinski definition) is 0. The van der Waals surface area contributed by atoms with Gasteiger partial charge in [-0.15, -0.1) is 0 Å². The molecule has 0 spiro atoms. The Balaban J connectivity index is 1.83. The Bertz CT molecular complexity index is 964. The maximum absolute atomic E-state index is 14.4. The second kappa shape index (κ2) is 6.98. The Morgan fingerprint density at radius 2 is 1.35 bits per heavy atom. The van der Waals surface area contributed by atoms with E-state index in [4.69, 9.17) is 0 Å². The third kappa shape index (κ3) is 5.24. The molecule has 0 heterocycles. The fourth-order valence-corrected chi connectivity index (χ4v) is 4.38. The highest BCUT2D eigenvalue weighted by Gasteiger charge is 2.67. The molecule has 0 atom stereocenters. The van der Waals surface area contributed by atoms with Crippen LogP contribution < -0.4 is 4.74 Å². The van der Waals surface area contributed by atoms with Gasteiger partial charge in [-0.3, -0.25) is 0 Å². The van der Waals surface area contributed by atoms with Gasteiger partial charge in [-0.05, 0) is 54.5 Å². The summed E-state index contributed by atoms with van der Waals surface area (Å²) in [4.78, 5) is -3.14. The van der Waals surface area contributed by atoms with Gasteiger partial charge in [0, 0.05) is 0 Å². The summed E-state index contributed by atoms with van der Waals surface area (Å²) in [6, 6.07) is 4.31. The van der Waals surface area contributed by atoms with E-state index in [9.17, 15) is 37.0 Å². The van der Waals surface area contributed by atoms with Crippen LogP contribution in [0.3, 0.4) is 0 Å². The van der Waals surface area contributed by atoms with Crippen molar-refractivity contribution >= 4 is 10.2 Å². The number of hydrogen-bond acceptors (Lipinski definition) is 1. The maximum atomic E-state index is 14.4. The van der Waals surface area contributed by atoms with Crippen LogP contribution in [0, 0.1) is 17.6 Å². The van der Waals surface area contributed by atoms with E-state index in [1.165, 1.54) is 12.1 Å². The lowest BCUT2D eigenvalue weighted by atomic mass is 9.79. The third-order valence-electron chi connectivity index (χ3n) is 5.40. The van der Waals surface area contributed by atoms with E-state index in [0.717, 1.165) is 43.4 Å². The largest absolute Gasteiger partial charge is 0.426 e. The number of benzene rings is 2. The molecule has 1 aliphatic rings. The van der Waals surface area contributed by atoms with Crippen molar-refractivity contribution in [2.24, 2.45) is 5.92 Å². The second-order valence-electron chi connectivity index (χ2n) is 7.86.